The molecule has 146 valence electrons. The highest BCUT2D eigenvalue weighted by Gasteiger charge is 2.24. The van der Waals surface area contributed by atoms with Gasteiger partial charge in [-0.05, 0) is 49.1 Å². The van der Waals surface area contributed by atoms with E-state index >= 15 is 0 Å². The second kappa shape index (κ2) is 11.3. The number of Topliss-reactive ketones (excluding diaryl/α,β-unsaturated/α-hetero) is 1. The van der Waals surface area contributed by atoms with Crippen molar-refractivity contribution in [2.75, 3.05) is 5.75 Å². The molecule has 4 rings (SSSR count). The van der Waals surface area contributed by atoms with Gasteiger partial charge in [-0.1, -0.05) is 42.5 Å². The smallest absolute Gasteiger partial charge is 0.218 e. The Morgan fingerprint density at radius 3 is 2.59 bits per heavy atom. The summed E-state index contributed by atoms with van der Waals surface area (Å²) in [6.07, 6.45) is 14.4. The van der Waals surface area contributed by atoms with E-state index in [4.69, 9.17) is 0 Å². The maximum Gasteiger partial charge on any atom is 0.218 e. The standard InChI is InChI=1S/C16H16OS.C10H9O/c17-13-15-8-5-4-7-14(15)9-6-12-18-16-10-2-1-3-11-16;11-10-7-3-5-8-4-1-2-6-9(8)10/h1-5,7-8,10-11,13H,6,9,12H2;1,4,6H,3,5,7H2/q;+1. The van der Waals surface area contributed by atoms with Crippen LogP contribution in [0.5, 0.6) is 0 Å². The Hall–Kier alpha value is -2.74. The zero-order chi connectivity index (χ0) is 20.3. The van der Waals surface area contributed by atoms with Gasteiger partial charge >= 0.3 is 0 Å². The molecule has 0 fully saturated rings. The Labute approximate surface area is 177 Å². The molecule has 3 heteroatoms. The average Bonchev–Trinajstić information content (AvgIpc) is 2.78. The van der Waals surface area contributed by atoms with Crippen molar-refractivity contribution in [1.29, 1.82) is 0 Å². The first-order valence-corrected chi connectivity index (χ1v) is 11.0. The molecule has 0 aliphatic heterocycles. The molecule has 0 atom stereocenters. The lowest BCUT2D eigenvalue weighted by Crippen LogP contribution is -2.10. The van der Waals surface area contributed by atoms with Crippen molar-refractivity contribution >= 4 is 23.8 Å². The second-order valence-electron chi connectivity index (χ2n) is 6.94. The molecule has 29 heavy (non-hydrogen) atoms. The lowest BCUT2D eigenvalue weighted by molar-refractivity contribution is -0.115. The van der Waals surface area contributed by atoms with Crippen LogP contribution in [0.15, 0.2) is 88.9 Å². The Morgan fingerprint density at radius 2 is 1.79 bits per heavy atom. The fourth-order valence-electron chi connectivity index (χ4n) is 3.36. The molecule has 2 aliphatic rings. The minimum atomic E-state index is 0.281. The van der Waals surface area contributed by atoms with E-state index in [9.17, 15) is 9.59 Å². The maximum atomic E-state index is 11.3. The summed E-state index contributed by atoms with van der Waals surface area (Å²) >= 11 is 1.86. The number of rotatable bonds is 6. The van der Waals surface area contributed by atoms with Gasteiger partial charge < -0.3 is 0 Å². The monoisotopic (exact) mass is 401 g/mol. The Bertz CT molecular complexity index is 923. The fraction of sp³-hybridized carbons (Fsp3) is 0.231. The van der Waals surface area contributed by atoms with E-state index in [1.54, 1.807) is 6.08 Å². The van der Waals surface area contributed by atoms with Gasteiger partial charge in [-0.3, -0.25) is 9.59 Å². The summed E-state index contributed by atoms with van der Waals surface area (Å²) in [5, 5.41) is 0. The third kappa shape index (κ3) is 6.39. The summed E-state index contributed by atoms with van der Waals surface area (Å²) in [5.74, 6) is 1.36. The van der Waals surface area contributed by atoms with Gasteiger partial charge in [0.25, 0.3) is 0 Å². The lowest BCUT2D eigenvalue weighted by Gasteiger charge is -2.08. The summed E-state index contributed by atoms with van der Waals surface area (Å²) in [6.45, 7) is 0. The third-order valence-electron chi connectivity index (χ3n) is 4.89. The number of thioether (sulfide) groups is 1. The van der Waals surface area contributed by atoms with Gasteiger partial charge in [-0.2, -0.15) is 0 Å². The number of aldehydes is 1. The van der Waals surface area contributed by atoms with Crippen LogP contribution in [0.1, 0.15) is 41.6 Å². The van der Waals surface area contributed by atoms with Crippen LogP contribution < -0.4 is 0 Å². The van der Waals surface area contributed by atoms with E-state index in [0.29, 0.717) is 6.42 Å². The lowest BCUT2D eigenvalue weighted by atomic mass is 9.88. The normalized spacial score (nSPS) is 14.6. The third-order valence-corrected chi connectivity index (χ3v) is 5.99. The van der Waals surface area contributed by atoms with Crippen LogP contribution in [0.2, 0.25) is 0 Å². The molecular weight excluding hydrogens is 376 g/mol. The Balaban J connectivity index is 0.000000186. The van der Waals surface area contributed by atoms with Crippen molar-refractivity contribution in [3.8, 4) is 0 Å². The Kier molecular flexibility index (Phi) is 8.18. The predicted molar refractivity (Wildman–Crippen MR) is 120 cm³/mol. The molecule has 0 saturated heterocycles. The van der Waals surface area contributed by atoms with Crippen LogP contribution in [0.3, 0.4) is 0 Å². The minimum Gasteiger partial charge on any atom is -0.298 e. The van der Waals surface area contributed by atoms with Crippen LogP contribution in [0.25, 0.3) is 0 Å². The average molecular weight is 402 g/mol. The molecule has 0 saturated carbocycles. The molecule has 0 N–H and O–H groups in total. The first kappa shape index (κ1) is 21.0. The van der Waals surface area contributed by atoms with Gasteiger partial charge in [0, 0.05) is 23.0 Å². The van der Waals surface area contributed by atoms with Crippen molar-refractivity contribution in [3.63, 3.8) is 0 Å². The van der Waals surface area contributed by atoms with E-state index in [2.05, 4.69) is 30.3 Å². The molecule has 2 aliphatic carbocycles. The predicted octanol–water partition coefficient (Wildman–Crippen LogP) is 6.19. The van der Waals surface area contributed by atoms with E-state index in [1.807, 2.05) is 54.2 Å². The van der Waals surface area contributed by atoms with Crippen molar-refractivity contribution in [2.45, 2.75) is 37.0 Å². The van der Waals surface area contributed by atoms with Crippen molar-refractivity contribution < 1.29 is 9.59 Å². The van der Waals surface area contributed by atoms with E-state index in [0.717, 1.165) is 54.4 Å². The number of allylic oxidation sites excluding steroid dienone is 6. The molecule has 0 radical (unpaired) electrons. The highest BCUT2D eigenvalue weighted by Crippen LogP contribution is 2.25. The van der Waals surface area contributed by atoms with E-state index in [-0.39, 0.29) is 5.78 Å². The van der Waals surface area contributed by atoms with Gasteiger partial charge in [0.15, 0.2) is 0 Å². The van der Waals surface area contributed by atoms with E-state index < -0.39 is 0 Å². The van der Waals surface area contributed by atoms with Crippen molar-refractivity contribution in [1.82, 2.24) is 0 Å². The molecule has 0 amide bonds. The quantitative estimate of drug-likeness (QED) is 0.250. The maximum absolute atomic E-state index is 11.3. The summed E-state index contributed by atoms with van der Waals surface area (Å²) in [6, 6.07) is 18.2. The van der Waals surface area contributed by atoms with Crippen molar-refractivity contribution in [2.24, 2.45) is 0 Å². The zero-order valence-corrected chi connectivity index (χ0v) is 17.3. The molecule has 0 spiro atoms. The van der Waals surface area contributed by atoms with Gasteiger partial charge in [0.2, 0.25) is 5.78 Å². The number of aryl methyl sites for hydroxylation is 1. The van der Waals surface area contributed by atoms with Crippen LogP contribution >= 0.6 is 11.8 Å². The van der Waals surface area contributed by atoms with Crippen LogP contribution in [-0.4, -0.2) is 17.8 Å². The number of benzene rings is 2. The number of carbonyl (C=O) groups excluding carboxylic acids is 2. The molecule has 2 aromatic carbocycles. The first-order chi connectivity index (χ1) is 14.3. The SMILES string of the molecule is O=C1CCCC2=C1C=[C+]C=C2.O=Cc1ccccc1CCCSc1ccccc1. The van der Waals surface area contributed by atoms with Gasteiger partial charge in [0.05, 0.1) is 11.6 Å². The van der Waals surface area contributed by atoms with Gasteiger partial charge in [-0.15, -0.1) is 11.8 Å². The number of hydrogen-bond acceptors (Lipinski definition) is 3. The molecule has 0 unspecified atom stereocenters. The van der Waals surface area contributed by atoms with Crippen LogP contribution in [-0.2, 0) is 11.2 Å². The second-order valence-corrected chi connectivity index (χ2v) is 8.11. The number of hydrogen-bond donors (Lipinski definition) is 0. The largest absolute Gasteiger partial charge is 0.298 e. The first-order valence-electron chi connectivity index (χ1n) is 10.0. The van der Waals surface area contributed by atoms with Gasteiger partial charge in [-0.25, -0.2) is 0 Å². The minimum absolute atomic E-state index is 0.281. The zero-order valence-electron chi connectivity index (χ0n) is 16.5. The molecule has 0 aromatic heterocycles. The summed E-state index contributed by atoms with van der Waals surface area (Å²) in [5.41, 5.74) is 4.06. The molecule has 2 nitrogen and oxygen atoms in total. The topological polar surface area (TPSA) is 34.1 Å². The summed E-state index contributed by atoms with van der Waals surface area (Å²) in [4.78, 5) is 23.4. The summed E-state index contributed by atoms with van der Waals surface area (Å²) in [7, 11) is 0. The molecular formula is C26H25O2S+. The molecule has 0 heterocycles. The number of carbonyl (C=O) groups is 2. The summed E-state index contributed by atoms with van der Waals surface area (Å²) < 4.78 is 0. The van der Waals surface area contributed by atoms with Crippen LogP contribution in [0, 0.1) is 6.08 Å². The van der Waals surface area contributed by atoms with Crippen molar-refractivity contribution in [3.05, 3.63) is 101 Å². The highest BCUT2D eigenvalue weighted by atomic mass is 32.2. The highest BCUT2D eigenvalue weighted by molar-refractivity contribution is 7.99. The van der Waals surface area contributed by atoms with Crippen LogP contribution in [0.4, 0.5) is 0 Å². The molecule has 0 bridgehead atoms. The fourth-order valence-corrected chi connectivity index (χ4v) is 4.23. The van der Waals surface area contributed by atoms with E-state index in [1.165, 1.54) is 10.5 Å². The number of ketones is 1. The molecule has 2 aromatic rings. The van der Waals surface area contributed by atoms with Gasteiger partial charge in [0.1, 0.15) is 24.0 Å². The Morgan fingerprint density at radius 1 is 1.00 bits per heavy atom.